The lowest BCUT2D eigenvalue weighted by Gasteiger charge is -2.03. The van der Waals surface area contributed by atoms with E-state index in [4.69, 9.17) is 5.11 Å². The number of fused-ring (bicyclic) bond motifs is 1. The third-order valence-corrected chi connectivity index (χ3v) is 3.34. The normalized spacial score (nSPS) is 10.9. The van der Waals surface area contributed by atoms with Crippen LogP contribution in [0.4, 0.5) is 0 Å². The molecule has 1 aromatic carbocycles. The van der Waals surface area contributed by atoms with Crippen LogP contribution in [0.5, 0.6) is 0 Å². The van der Waals surface area contributed by atoms with Gasteiger partial charge in [-0.1, -0.05) is 23.8 Å². The summed E-state index contributed by atoms with van der Waals surface area (Å²) in [6.07, 6.45) is 1.62. The Labute approximate surface area is 116 Å². The molecule has 2 heterocycles. The molecule has 3 rings (SSSR count). The number of aromatic nitrogens is 2. The molecule has 0 unspecified atom stereocenters. The van der Waals surface area contributed by atoms with Crippen molar-refractivity contribution in [2.75, 3.05) is 0 Å². The molecule has 4 nitrogen and oxygen atoms in total. The molecular weight excluding hydrogens is 252 g/mol. The van der Waals surface area contributed by atoms with E-state index in [0.29, 0.717) is 0 Å². The lowest BCUT2D eigenvalue weighted by molar-refractivity contribution is 0.0696. The molecule has 0 bridgehead atoms. The smallest absolute Gasteiger partial charge is 0.337 e. The summed E-state index contributed by atoms with van der Waals surface area (Å²) in [5, 5.41) is 9.12. The second kappa shape index (κ2) is 4.49. The Bertz CT molecular complexity index is 818. The maximum absolute atomic E-state index is 11.1. The Morgan fingerprint density at radius 2 is 2.00 bits per heavy atom. The summed E-state index contributed by atoms with van der Waals surface area (Å²) in [6.45, 7) is 3.95. The number of imidazole rings is 1. The second-order valence-corrected chi connectivity index (χ2v) is 4.87. The van der Waals surface area contributed by atoms with Crippen molar-refractivity contribution in [3.05, 3.63) is 59.4 Å². The predicted molar refractivity (Wildman–Crippen MR) is 77.1 cm³/mol. The number of nitrogens with zero attached hydrogens (tertiary/aromatic N) is 2. The van der Waals surface area contributed by atoms with E-state index >= 15 is 0 Å². The molecule has 4 heteroatoms. The van der Waals surface area contributed by atoms with E-state index < -0.39 is 5.97 Å². The largest absolute Gasteiger partial charge is 0.478 e. The number of carboxylic acids is 1. The molecule has 2 aromatic heterocycles. The van der Waals surface area contributed by atoms with E-state index in [1.165, 1.54) is 0 Å². The summed E-state index contributed by atoms with van der Waals surface area (Å²) < 4.78 is 1.84. The van der Waals surface area contributed by atoms with E-state index in [-0.39, 0.29) is 5.56 Å². The third kappa shape index (κ3) is 1.95. The summed E-state index contributed by atoms with van der Waals surface area (Å²) in [4.78, 5) is 15.7. The number of aryl methyl sites for hydroxylation is 2. The number of benzene rings is 1. The van der Waals surface area contributed by atoms with E-state index in [9.17, 15) is 4.79 Å². The van der Waals surface area contributed by atoms with Crippen LogP contribution < -0.4 is 0 Å². The van der Waals surface area contributed by atoms with Crippen LogP contribution in [-0.4, -0.2) is 20.5 Å². The maximum atomic E-state index is 11.1. The van der Waals surface area contributed by atoms with E-state index in [2.05, 4.69) is 4.98 Å². The Balaban J connectivity index is 2.30. The standard InChI is InChI=1S/C16H14N2O2/c1-10-4-3-5-12(8-10)15-17-11(2)14-7-6-13(16(19)20)9-18(14)15/h3-9H,1-2H3,(H,19,20). The minimum atomic E-state index is -0.937. The van der Waals surface area contributed by atoms with Crippen LogP contribution in [0.2, 0.25) is 0 Å². The minimum absolute atomic E-state index is 0.254. The van der Waals surface area contributed by atoms with E-state index in [1.54, 1.807) is 18.3 Å². The summed E-state index contributed by atoms with van der Waals surface area (Å²) in [5.74, 6) is -0.169. The van der Waals surface area contributed by atoms with Crippen LogP contribution in [-0.2, 0) is 0 Å². The van der Waals surface area contributed by atoms with Crippen molar-refractivity contribution in [1.29, 1.82) is 0 Å². The molecule has 0 aliphatic rings. The van der Waals surface area contributed by atoms with Gasteiger partial charge in [0.15, 0.2) is 0 Å². The van der Waals surface area contributed by atoms with Crippen molar-refractivity contribution in [2.45, 2.75) is 13.8 Å². The SMILES string of the molecule is Cc1cccc(-c2nc(C)c3ccc(C(=O)O)cn23)c1. The summed E-state index contributed by atoms with van der Waals surface area (Å²) >= 11 is 0. The molecule has 0 spiro atoms. The van der Waals surface area contributed by atoms with Crippen LogP contribution in [0.25, 0.3) is 16.9 Å². The number of rotatable bonds is 2. The first kappa shape index (κ1) is 12.4. The molecular formula is C16H14N2O2. The van der Waals surface area contributed by atoms with Gasteiger partial charge in [-0.25, -0.2) is 9.78 Å². The molecule has 20 heavy (non-hydrogen) atoms. The molecule has 0 aliphatic carbocycles. The van der Waals surface area contributed by atoms with E-state index in [0.717, 1.165) is 28.2 Å². The average molecular weight is 266 g/mol. The van der Waals surface area contributed by atoms with Crippen molar-refractivity contribution < 1.29 is 9.90 Å². The van der Waals surface area contributed by atoms with Crippen molar-refractivity contribution in [2.24, 2.45) is 0 Å². The molecule has 0 saturated carbocycles. The van der Waals surface area contributed by atoms with Crippen molar-refractivity contribution in [3.8, 4) is 11.4 Å². The summed E-state index contributed by atoms with van der Waals surface area (Å²) in [7, 11) is 0. The van der Waals surface area contributed by atoms with Gasteiger partial charge in [-0.15, -0.1) is 0 Å². The molecule has 1 N–H and O–H groups in total. The maximum Gasteiger partial charge on any atom is 0.337 e. The Morgan fingerprint density at radius 3 is 2.70 bits per heavy atom. The fourth-order valence-electron chi connectivity index (χ4n) is 2.36. The number of pyridine rings is 1. The van der Waals surface area contributed by atoms with Crippen LogP contribution >= 0.6 is 0 Å². The van der Waals surface area contributed by atoms with Gasteiger partial charge in [0, 0.05) is 11.8 Å². The monoisotopic (exact) mass is 266 g/mol. The Morgan fingerprint density at radius 1 is 1.20 bits per heavy atom. The number of carboxylic acid groups (broad SMARTS) is 1. The van der Waals surface area contributed by atoms with Crippen molar-refractivity contribution in [1.82, 2.24) is 9.38 Å². The lowest BCUT2D eigenvalue weighted by Crippen LogP contribution is -1.99. The fourth-order valence-corrected chi connectivity index (χ4v) is 2.36. The zero-order chi connectivity index (χ0) is 14.3. The Kier molecular flexibility index (Phi) is 2.79. The summed E-state index contributed by atoms with van der Waals surface area (Å²) in [6, 6.07) is 11.4. The van der Waals surface area contributed by atoms with Gasteiger partial charge in [-0.05, 0) is 32.0 Å². The molecule has 0 radical (unpaired) electrons. The van der Waals surface area contributed by atoms with Crippen LogP contribution in [0.15, 0.2) is 42.6 Å². The molecule has 0 amide bonds. The zero-order valence-electron chi connectivity index (χ0n) is 11.3. The van der Waals surface area contributed by atoms with E-state index in [1.807, 2.05) is 42.5 Å². The van der Waals surface area contributed by atoms with Gasteiger partial charge in [0.2, 0.25) is 0 Å². The highest BCUT2D eigenvalue weighted by Crippen LogP contribution is 2.23. The highest BCUT2D eigenvalue weighted by atomic mass is 16.4. The predicted octanol–water partition coefficient (Wildman–Crippen LogP) is 3.32. The molecule has 0 atom stereocenters. The number of carbonyl (C=O) groups is 1. The molecule has 0 saturated heterocycles. The highest BCUT2D eigenvalue weighted by Gasteiger charge is 2.12. The first-order valence-electron chi connectivity index (χ1n) is 6.35. The number of hydrogen-bond acceptors (Lipinski definition) is 2. The van der Waals surface area contributed by atoms with Gasteiger partial charge in [0.25, 0.3) is 0 Å². The van der Waals surface area contributed by atoms with Gasteiger partial charge >= 0.3 is 5.97 Å². The van der Waals surface area contributed by atoms with Gasteiger partial charge in [0.05, 0.1) is 16.8 Å². The minimum Gasteiger partial charge on any atom is -0.478 e. The molecule has 3 aromatic rings. The van der Waals surface area contributed by atoms with Crippen LogP contribution in [0.3, 0.4) is 0 Å². The lowest BCUT2D eigenvalue weighted by atomic mass is 10.1. The van der Waals surface area contributed by atoms with Gasteiger partial charge in [-0.3, -0.25) is 4.40 Å². The van der Waals surface area contributed by atoms with Gasteiger partial charge in [-0.2, -0.15) is 0 Å². The highest BCUT2D eigenvalue weighted by molar-refractivity contribution is 5.88. The molecule has 0 aliphatic heterocycles. The molecule has 100 valence electrons. The van der Waals surface area contributed by atoms with Crippen molar-refractivity contribution in [3.63, 3.8) is 0 Å². The first-order chi connectivity index (χ1) is 9.56. The fraction of sp³-hybridized carbons (Fsp3) is 0.125. The van der Waals surface area contributed by atoms with Crippen LogP contribution in [0, 0.1) is 13.8 Å². The second-order valence-electron chi connectivity index (χ2n) is 4.87. The zero-order valence-corrected chi connectivity index (χ0v) is 11.3. The number of aromatic carboxylic acids is 1. The van der Waals surface area contributed by atoms with Crippen molar-refractivity contribution >= 4 is 11.5 Å². The average Bonchev–Trinajstić information content (AvgIpc) is 2.76. The first-order valence-corrected chi connectivity index (χ1v) is 6.35. The van der Waals surface area contributed by atoms with Gasteiger partial charge in [0.1, 0.15) is 5.82 Å². The van der Waals surface area contributed by atoms with Gasteiger partial charge < -0.3 is 5.11 Å². The molecule has 0 fully saturated rings. The van der Waals surface area contributed by atoms with Crippen LogP contribution in [0.1, 0.15) is 21.6 Å². The topological polar surface area (TPSA) is 54.6 Å². The third-order valence-electron chi connectivity index (χ3n) is 3.34. The quantitative estimate of drug-likeness (QED) is 0.774. The summed E-state index contributed by atoms with van der Waals surface area (Å²) in [5.41, 5.74) is 4.19. The Hall–Kier alpha value is -2.62. The number of hydrogen-bond donors (Lipinski definition) is 1.